The van der Waals surface area contributed by atoms with E-state index in [1.54, 1.807) is 12.1 Å². The first-order chi connectivity index (χ1) is 9.15. The van der Waals surface area contributed by atoms with Gasteiger partial charge >= 0.3 is 0 Å². The van der Waals surface area contributed by atoms with Gasteiger partial charge in [0, 0.05) is 17.0 Å². The van der Waals surface area contributed by atoms with E-state index in [9.17, 15) is 4.39 Å². The molecule has 0 fully saturated rings. The molecule has 2 nitrogen and oxygen atoms in total. The highest BCUT2D eigenvalue weighted by atomic mass is 35.5. The summed E-state index contributed by atoms with van der Waals surface area (Å²) in [7, 11) is 1.83. The van der Waals surface area contributed by atoms with Crippen LogP contribution in [-0.2, 0) is 12.8 Å². The fourth-order valence-corrected chi connectivity index (χ4v) is 2.29. The number of furan rings is 1. The zero-order valence-electron chi connectivity index (χ0n) is 11.0. The number of halogens is 2. The fourth-order valence-electron chi connectivity index (χ4n) is 2.05. The second-order valence-electron chi connectivity index (χ2n) is 4.40. The lowest BCUT2D eigenvalue weighted by Gasteiger charge is -2.15. The molecule has 0 amide bonds. The highest BCUT2D eigenvalue weighted by Gasteiger charge is 2.18. The van der Waals surface area contributed by atoms with Gasteiger partial charge < -0.3 is 9.73 Å². The first-order valence-corrected chi connectivity index (χ1v) is 6.72. The number of benzene rings is 1. The van der Waals surface area contributed by atoms with Crippen molar-refractivity contribution in [1.82, 2.24) is 5.32 Å². The fraction of sp³-hybridized carbons (Fsp3) is 0.333. The summed E-state index contributed by atoms with van der Waals surface area (Å²) in [6, 6.07) is 8.52. The van der Waals surface area contributed by atoms with E-state index < -0.39 is 0 Å². The van der Waals surface area contributed by atoms with Gasteiger partial charge in [0.25, 0.3) is 0 Å². The van der Waals surface area contributed by atoms with Crippen molar-refractivity contribution in [3.63, 3.8) is 0 Å². The lowest BCUT2D eigenvalue weighted by Crippen LogP contribution is -2.19. The lowest BCUT2D eigenvalue weighted by molar-refractivity contribution is 0.404. The standard InChI is InChI=1S/C15H17ClFNO/c1-3-10-7-8-15(19-10)14(18-2)9-11-12(16)5-4-6-13(11)17/h4-8,14,18H,3,9H2,1-2H3. The molecule has 0 aliphatic carbocycles. The zero-order chi connectivity index (χ0) is 13.8. The molecule has 4 heteroatoms. The van der Waals surface area contributed by atoms with Crippen LogP contribution in [0.3, 0.4) is 0 Å². The first-order valence-electron chi connectivity index (χ1n) is 6.34. The van der Waals surface area contributed by atoms with Crippen LogP contribution < -0.4 is 5.32 Å². The largest absolute Gasteiger partial charge is 0.464 e. The van der Waals surface area contributed by atoms with Crippen LogP contribution in [0.25, 0.3) is 0 Å². The summed E-state index contributed by atoms with van der Waals surface area (Å²) >= 11 is 6.05. The van der Waals surface area contributed by atoms with Crippen molar-refractivity contribution in [2.45, 2.75) is 25.8 Å². The van der Waals surface area contributed by atoms with Gasteiger partial charge in [-0.3, -0.25) is 0 Å². The Bertz CT molecular complexity index is 533. The molecule has 0 saturated heterocycles. The van der Waals surface area contributed by atoms with Crippen LogP contribution in [0.15, 0.2) is 34.7 Å². The Hall–Kier alpha value is -1.32. The summed E-state index contributed by atoms with van der Waals surface area (Å²) < 4.78 is 19.5. The van der Waals surface area contributed by atoms with Gasteiger partial charge in [-0.25, -0.2) is 4.39 Å². The van der Waals surface area contributed by atoms with E-state index >= 15 is 0 Å². The van der Waals surface area contributed by atoms with E-state index in [1.807, 2.05) is 26.1 Å². The molecule has 2 rings (SSSR count). The molecule has 0 radical (unpaired) electrons. The molecule has 0 bridgehead atoms. The summed E-state index contributed by atoms with van der Waals surface area (Å²) in [4.78, 5) is 0. The number of nitrogens with one attached hydrogen (secondary N) is 1. The lowest BCUT2D eigenvalue weighted by atomic mass is 10.0. The average molecular weight is 282 g/mol. The molecule has 1 aromatic carbocycles. The van der Waals surface area contributed by atoms with Gasteiger partial charge in [-0.15, -0.1) is 0 Å². The molecular weight excluding hydrogens is 265 g/mol. The van der Waals surface area contributed by atoms with Gasteiger partial charge in [-0.05, 0) is 37.7 Å². The van der Waals surface area contributed by atoms with Gasteiger partial charge in [-0.1, -0.05) is 24.6 Å². The van der Waals surface area contributed by atoms with E-state index in [-0.39, 0.29) is 11.9 Å². The average Bonchev–Trinajstić information content (AvgIpc) is 2.87. The Labute approximate surface area is 117 Å². The molecule has 0 aliphatic heterocycles. The summed E-state index contributed by atoms with van der Waals surface area (Å²) in [6.45, 7) is 2.03. The Morgan fingerprint density at radius 1 is 1.32 bits per heavy atom. The van der Waals surface area contributed by atoms with Crippen LogP contribution >= 0.6 is 11.6 Å². The normalized spacial score (nSPS) is 12.6. The van der Waals surface area contributed by atoms with E-state index in [4.69, 9.17) is 16.0 Å². The topological polar surface area (TPSA) is 25.2 Å². The van der Waals surface area contributed by atoms with Crippen LogP contribution in [0.4, 0.5) is 4.39 Å². The summed E-state index contributed by atoms with van der Waals surface area (Å²) in [5.41, 5.74) is 0.512. The number of aryl methyl sites for hydroxylation is 1. The first kappa shape index (κ1) is 14.1. The van der Waals surface area contributed by atoms with Gasteiger partial charge in [0.1, 0.15) is 17.3 Å². The minimum absolute atomic E-state index is 0.0882. The van der Waals surface area contributed by atoms with Crippen molar-refractivity contribution in [3.8, 4) is 0 Å². The third kappa shape index (κ3) is 3.17. The number of hydrogen-bond acceptors (Lipinski definition) is 2. The van der Waals surface area contributed by atoms with Gasteiger partial charge in [0.2, 0.25) is 0 Å². The summed E-state index contributed by atoms with van der Waals surface area (Å²) in [5, 5.41) is 3.59. The second-order valence-corrected chi connectivity index (χ2v) is 4.81. The monoisotopic (exact) mass is 281 g/mol. The van der Waals surface area contributed by atoms with E-state index in [1.165, 1.54) is 6.07 Å². The highest BCUT2D eigenvalue weighted by Crippen LogP contribution is 2.26. The maximum absolute atomic E-state index is 13.8. The molecule has 1 unspecified atom stereocenters. The van der Waals surface area contributed by atoms with Crippen LogP contribution in [0.1, 0.15) is 30.0 Å². The molecule has 102 valence electrons. The molecule has 2 aromatic rings. The summed E-state index contributed by atoms with van der Waals surface area (Å²) in [6.07, 6.45) is 1.30. The molecule has 0 saturated carbocycles. The predicted octanol–water partition coefficient (Wildman–Crippen LogP) is 4.14. The Balaban J connectivity index is 2.24. The van der Waals surface area contributed by atoms with Crippen LogP contribution in [0.2, 0.25) is 5.02 Å². The number of rotatable bonds is 5. The summed E-state index contributed by atoms with van der Waals surface area (Å²) in [5.74, 6) is 1.45. The van der Waals surface area contributed by atoms with Crippen molar-refractivity contribution in [2.24, 2.45) is 0 Å². The zero-order valence-corrected chi connectivity index (χ0v) is 11.8. The van der Waals surface area contributed by atoms with Crippen molar-refractivity contribution >= 4 is 11.6 Å². The molecule has 0 aliphatic rings. The minimum Gasteiger partial charge on any atom is -0.464 e. The smallest absolute Gasteiger partial charge is 0.127 e. The van der Waals surface area contributed by atoms with Gasteiger partial charge in [-0.2, -0.15) is 0 Å². The molecular formula is C15H17ClFNO. The highest BCUT2D eigenvalue weighted by molar-refractivity contribution is 6.31. The van der Waals surface area contributed by atoms with E-state index in [0.717, 1.165) is 17.9 Å². The molecule has 1 atom stereocenters. The van der Waals surface area contributed by atoms with E-state index in [0.29, 0.717) is 17.0 Å². The second kappa shape index (κ2) is 6.22. The van der Waals surface area contributed by atoms with Crippen LogP contribution in [0.5, 0.6) is 0 Å². The Morgan fingerprint density at radius 2 is 2.11 bits per heavy atom. The van der Waals surface area contributed by atoms with Crippen LogP contribution in [0, 0.1) is 5.82 Å². The quantitative estimate of drug-likeness (QED) is 0.891. The van der Waals surface area contributed by atoms with E-state index in [2.05, 4.69) is 5.32 Å². The Morgan fingerprint density at radius 3 is 2.68 bits per heavy atom. The third-order valence-corrected chi connectivity index (χ3v) is 3.55. The van der Waals surface area contributed by atoms with Crippen molar-refractivity contribution in [3.05, 3.63) is 58.3 Å². The molecule has 19 heavy (non-hydrogen) atoms. The maximum Gasteiger partial charge on any atom is 0.127 e. The molecule has 1 heterocycles. The van der Waals surface area contributed by atoms with Gasteiger partial charge in [0.05, 0.1) is 6.04 Å². The van der Waals surface area contributed by atoms with Crippen LogP contribution in [-0.4, -0.2) is 7.05 Å². The molecule has 1 aromatic heterocycles. The van der Waals surface area contributed by atoms with Crippen molar-refractivity contribution in [2.75, 3.05) is 7.05 Å². The third-order valence-electron chi connectivity index (χ3n) is 3.19. The minimum atomic E-state index is -0.282. The maximum atomic E-state index is 13.8. The predicted molar refractivity (Wildman–Crippen MR) is 75.0 cm³/mol. The molecule has 0 spiro atoms. The van der Waals surface area contributed by atoms with Crippen molar-refractivity contribution < 1.29 is 8.81 Å². The Kier molecular flexibility index (Phi) is 4.61. The van der Waals surface area contributed by atoms with Crippen molar-refractivity contribution in [1.29, 1.82) is 0 Å². The number of hydrogen-bond donors (Lipinski definition) is 1. The SMILES string of the molecule is CCc1ccc(C(Cc2c(F)cccc2Cl)NC)o1. The molecule has 1 N–H and O–H groups in total. The number of likely N-dealkylation sites (N-methyl/N-ethyl adjacent to an activating group) is 1. The van der Waals surface area contributed by atoms with Gasteiger partial charge in [0.15, 0.2) is 0 Å².